The van der Waals surface area contributed by atoms with Crippen molar-refractivity contribution in [3.05, 3.63) is 17.5 Å². The Bertz CT molecular complexity index is 431. The molecule has 0 amide bonds. The van der Waals surface area contributed by atoms with Gasteiger partial charge in [0.1, 0.15) is 0 Å². The van der Waals surface area contributed by atoms with Crippen LogP contribution in [0.2, 0.25) is 0 Å². The molecule has 1 aromatic rings. The molecular weight excluding hydrogens is 252 g/mol. The van der Waals surface area contributed by atoms with Crippen LogP contribution in [0, 0.1) is 0 Å². The standard InChI is InChI=1S/C15H26N4O/c1-11-8-19(9-12(2)18(11)3)10-15-6-14(17-20-15)7-16-13-4-5-13/h6,11-13,16H,4-5,7-10H2,1-3H3. The van der Waals surface area contributed by atoms with E-state index in [9.17, 15) is 0 Å². The smallest absolute Gasteiger partial charge is 0.151 e. The fourth-order valence-corrected chi connectivity index (χ4v) is 2.91. The van der Waals surface area contributed by atoms with Crippen molar-refractivity contribution in [2.75, 3.05) is 20.1 Å². The predicted molar refractivity (Wildman–Crippen MR) is 78.3 cm³/mol. The first kappa shape index (κ1) is 14.0. The summed E-state index contributed by atoms with van der Waals surface area (Å²) in [7, 11) is 2.21. The quantitative estimate of drug-likeness (QED) is 0.883. The van der Waals surface area contributed by atoms with E-state index in [0.717, 1.165) is 43.7 Å². The van der Waals surface area contributed by atoms with Crippen molar-refractivity contribution in [3.8, 4) is 0 Å². The molecule has 1 saturated heterocycles. The number of likely N-dealkylation sites (N-methyl/N-ethyl adjacent to an activating group) is 1. The van der Waals surface area contributed by atoms with Crippen molar-refractivity contribution in [2.24, 2.45) is 0 Å². The molecule has 1 aromatic heterocycles. The fourth-order valence-electron chi connectivity index (χ4n) is 2.91. The molecule has 2 atom stereocenters. The van der Waals surface area contributed by atoms with Gasteiger partial charge in [-0.3, -0.25) is 9.80 Å². The van der Waals surface area contributed by atoms with E-state index < -0.39 is 0 Å². The summed E-state index contributed by atoms with van der Waals surface area (Å²) in [5.41, 5.74) is 1.03. The van der Waals surface area contributed by atoms with Crippen LogP contribution < -0.4 is 5.32 Å². The lowest BCUT2D eigenvalue weighted by molar-refractivity contribution is 0.0506. The molecule has 1 saturated carbocycles. The zero-order chi connectivity index (χ0) is 14.1. The zero-order valence-corrected chi connectivity index (χ0v) is 12.8. The second kappa shape index (κ2) is 5.84. The molecule has 3 rings (SSSR count). The van der Waals surface area contributed by atoms with Gasteiger partial charge in [0.25, 0.3) is 0 Å². The summed E-state index contributed by atoms with van der Waals surface area (Å²) in [4.78, 5) is 4.91. The average Bonchev–Trinajstić information content (AvgIpc) is 3.14. The van der Waals surface area contributed by atoms with E-state index in [1.54, 1.807) is 0 Å². The minimum Gasteiger partial charge on any atom is -0.360 e. The Morgan fingerprint density at radius 3 is 2.65 bits per heavy atom. The van der Waals surface area contributed by atoms with Crippen LogP contribution in [0.3, 0.4) is 0 Å². The van der Waals surface area contributed by atoms with E-state index in [1.807, 2.05) is 0 Å². The molecule has 2 aliphatic rings. The van der Waals surface area contributed by atoms with E-state index in [-0.39, 0.29) is 0 Å². The maximum Gasteiger partial charge on any atom is 0.151 e. The Hall–Kier alpha value is -0.910. The highest BCUT2D eigenvalue weighted by molar-refractivity contribution is 5.06. The van der Waals surface area contributed by atoms with Gasteiger partial charge in [0.15, 0.2) is 5.76 Å². The third-order valence-electron chi connectivity index (χ3n) is 4.57. The highest BCUT2D eigenvalue weighted by Crippen LogP contribution is 2.20. The van der Waals surface area contributed by atoms with Gasteiger partial charge in [0.05, 0.1) is 12.2 Å². The molecule has 0 aromatic carbocycles. The van der Waals surface area contributed by atoms with Gasteiger partial charge in [-0.1, -0.05) is 5.16 Å². The molecule has 1 N–H and O–H groups in total. The van der Waals surface area contributed by atoms with Crippen LogP contribution in [0.4, 0.5) is 0 Å². The van der Waals surface area contributed by atoms with E-state index in [0.29, 0.717) is 12.1 Å². The van der Waals surface area contributed by atoms with Crippen LogP contribution in [-0.4, -0.2) is 53.2 Å². The number of piperazine rings is 1. The number of aromatic nitrogens is 1. The Kier molecular flexibility index (Phi) is 4.10. The second-order valence-electron chi connectivity index (χ2n) is 6.50. The lowest BCUT2D eigenvalue weighted by Gasteiger charge is -2.42. The van der Waals surface area contributed by atoms with Crippen LogP contribution in [0.25, 0.3) is 0 Å². The number of nitrogens with one attached hydrogen (secondary N) is 1. The molecule has 2 fully saturated rings. The van der Waals surface area contributed by atoms with Gasteiger partial charge in [0.2, 0.25) is 0 Å². The maximum atomic E-state index is 5.47. The minimum absolute atomic E-state index is 0.595. The number of hydrogen-bond donors (Lipinski definition) is 1. The van der Waals surface area contributed by atoms with Gasteiger partial charge in [-0.15, -0.1) is 0 Å². The molecule has 112 valence electrons. The van der Waals surface area contributed by atoms with Crippen LogP contribution >= 0.6 is 0 Å². The molecule has 20 heavy (non-hydrogen) atoms. The second-order valence-corrected chi connectivity index (χ2v) is 6.50. The monoisotopic (exact) mass is 278 g/mol. The zero-order valence-electron chi connectivity index (χ0n) is 12.8. The summed E-state index contributed by atoms with van der Waals surface area (Å²) in [5, 5.41) is 7.63. The first-order valence-corrected chi connectivity index (χ1v) is 7.74. The lowest BCUT2D eigenvalue weighted by Crippen LogP contribution is -2.54. The topological polar surface area (TPSA) is 44.5 Å². The van der Waals surface area contributed by atoms with E-state index >= 15 is 0 Å². The third kappa shape index (κ3) is 3.40. The molecular formula is C15H26N4O. The van der Waals surface area contributed by atoms with Crippen molar-refractivity contribution in [1.29, 1.82) is 0 Å². The first-order chi connectivity index (χ1) is 9.61. The molecule has 0 bridgehead atoms. The summed E-state index contributed by atoms with van der Waals surface area (Å²) >= 11 is 0. The van der Waals surface area contributed by atoms with Crippen molar-refractivity contribution < 1.29 is 4.52 Å². The van der Waals surface area contributed by atoms with Crippen molar-refractivity contribution in [1.82, 2.24) is 20.3 Å². The van der Waals surface area contributed by atoms with E-state index in [2.05, 4.69) is 47.2 Å². The number of rotatable bonds is 5. The van der Waals surface area contributed by atoms with Gasteiger partial charge in [-0.05, 0) is 33.7 Å². The fraction of sp³-hybridized carbons (Fsp3) is 0.800. The maximum absolute atomic E-state index is 5.47. The predicted octanol–water partition coefficient (Wildman–Crippen LogP) is 1.45. The SMILES string of the molecule is CC1CN(Cc2cc(CNC3CC3)no2)CC(C)N1C. The molecule has 5 heteroatoms. The average molecular weight is 278 g/mol. The molecule has 0 spiro atoms. The van der Waals surface area contributed by atoms with Crippen molar-refractivity contribution >= 4 is 0 Å². The van der Waals surface area contributed by atoms with Crippen LogP contribution in [0.15, 0.2) is 10.6 Å². The van der Waals surface area contributed by atoms with Gasteiger partial charge in [-0.2, -0.15) is 0 Å². The van der Waals surface area contributed by atoms with Gasteiger partial charge in [-0.25, -0.2) is 0 Å². The minimum atomic E-state index is 0.595. The molecule has 0 radical (unpaired) electrons. The van der Waals surface area contributed by atoms with Crippen LogP contribution in [0.1, 0.15) is 38.1 Å². The van der Waals surface area contributed by atoms with E-state index in [1.165, 1.54) is 12.8 Å². The van der Waals surface area contributed by atoms with Crippen molar-refractivity contribution in [2.45, 2.75) is 57.9 Å². The van der Waals surface area contributed by atoms with Crippen LogP contribution in [-0.2, 0) is 13.1 Å². The summed E-state index contributed by atoms with van der Waals surface area (Å²) in [5.74, 6) is 0.988. The number of nitrogens with zero attached hydrogens (tertiary/aromatic N) is 3. The largest absolute Gasteiger partial charge is 0.360 e. The summed E-state index contributed by atoms with van der Waals surface area (Å²) in [6.45, 7) is 8.47. The Labute approximate surface area is 121 Å². The Balaban J connectivity index is 1.51. The molecule has 2 unspecified atom stereocenters. The lowest BCUT2D eigenvalue weighted by atomic mass is 10.1. The van der Waals surface area contributed by atoms with Gasteiger partial charge >= 0.3 is 0 Å². The Morgan fingerprint density at radius 2 is 2.00 bits per heavy atom. The normalized spacial score (nSPS) is 28.9. The van der Waals surface area contributed by atoms with Crippen LogP contribution in [0.5, 0.6) is 0 Å². The van der Waals surface area contributed by atoms with Gasteiger partial charge in [0, 0.05) is 43.8 Å². The highest BCUT2D eigenvalue weighted by atomic mass is 16.5. The third-order valence-corrected chi connectivity index (χ3v) is 4.57. The summed E-state index contributed by atoms with van der Waals surface area (Å²) in [6.07, 6.45) is 2.61. The molecule has 5 nitrogen and oxygen atoms in total. The molecule has 1 aliphatic carbocycles. The molecule has 1 aliphatic heterocycles. The molecule has 2 heterocycles. The van der Waals surface area contributed by atoms with Crippen molar-refractivity contribution in [3.63, 3.8) is 0 Å². The first-order valence-electron chi connectivity index (χ1n) is 7.74. The Morgan fingerprint density at radius 1 is 1.30 bits per heavy atom. The van der Waals surface area contributed by atoms with E-state index in [4.69, 9.17) is 4.52 Å². The number of hydrogen-bond acceptors (Lipinski definition) is 5. The summed E-state index contributed by atoms with van der Waals surface area (Å²) < 4.78 is 5.47. The van der Waals surface area contributed by atoms with Gasteiger partial charge < -0.3 is 9.84 Å². The summed E-state index contributed by atoms with van der Waals surface area (Å²) in [6, 6.07) is 4.01. The highest BCUT2D eigenvalue weighted by Gasteiger charge is 2.27.